The lowest BCUT2D eigenvalue weighted by Crippen LogP contribution is -2.53. The average molecular weight is 305 g/mol. The molecule has 0 unspecified atom stereocenters. The second-order valence-electron chi connectivity index (χ2n) is 6.21. The Labute approximate surface area is 130 Å². The highest BCUT2D eigenvalue weighted by Crippen LogP contribution is 2.20. The summed E-state index contributed by atoms with van der Waals surface area (Å²) in [5.74, 6) is -0.387. The summed E-state index contributed by atoms with van der Waals surface area (Å²) in [6, 6.07) is -0.434. The third kappa shape index (κ3) is 2.85. The fourth-order valence-corrected chi connectivity index (χ4v) is 3.45. The molecular weight excluding hydrogens is 282 g/mol. The number of aryl methyl sites for hydroxylation is 1. The van der Waals surface area contributed by atoms with E-state index in [1.54, 1.807) is 4.90 Å². The van der Waals surface area contributed by atoms with Gasteiger partial charge in [-0.3, -0.25) is 14.5 Å². The summed E-state index contributed by atoms with van der Waals surface area (Å²) in [6.07, 6.45) is 5.31. The topological polar surface area (TPSA) is 84.5 Å². The van der Waals surface area contributed by atoms with E-state index in [1.807, 2.05) is 17.9 Å². The smallest absolute Gasteiger partial charge is 0.240 e. The van der Waals surface area contributed by atoms with Crippen LogP contribution in [-0.2, 0) is 29.6 Å². The molecule has 1 aromatic heterocycles. The van der Waals surface area contributed by atoms with Crippen molar-refractivity contribution in [3.8, 4) is 0 Å². The van der Waals surface area contributed by atoms with Crippen molar-refractivity contribution in [3.63, 3.8) is 0 Å². The molecule has 1 aromatic rings. The molecule has 1 fully saturated rings. The summed E-state index contributed by atoms with van der Waals surface area (Å²) in [5.41, 5.74) is 7.73. The van der Waals surface area contributed by atoms with E-state index in [0.717, 1.165) is 31.5 Å². The molecule has 0 spiro atoms. The number of carbonyl (C=O) groups excluding carboxylic acids is 2. The molecule has 7 nitrogen and oxygen atoms in total. The van der Waals surface area contributed by atoms with Crippen molar-refractivity contribution in [1.29, 1.82) is 0 Å². The largest absolute Gasteiger partial charge is 0.368 e. The van der Waals surface area contributed by atoms with Gasteiger partial charge in [-0.15, -0.1) is 0 Å². The van der Waals surface area contributed by atoms with E-state index in [2.05, 4.69) is 9.88 Å². The molecule has 22 heavy (non-hydrogen) atoms. The average Bonchev–Trinajstić information content (AvgIpc) is 2.88. The maximum absolute atomic E-state index is 12.5. The highest BCUT2D eigenvalue weighted by molar-refractivity contribution is 5.87. The number of carbonyl (C=O) groups is 2. The lowest BCUT2D eigenvalue weighted by molar-refractivity contribution is -0.142. The highest BCUT2D eigenvalue weighted by atomic mass is 16.2. The molecule has 2 amide bonds. The van der Waals surface area contributed by atoms with Crippen LogP contribution in [-0.4, -0.2) is 56.8 Å². The minimum Gasteiger partial charge on any atom is -0.368 e. The lowest BCUT2D eigenvalue weighted by Gasteiger charge is -2.35. The van der Waals surface area contributed by atoms with E-state index in [-0.39, 0.29) is 5.91 Å². The third-order valence-corrected chi connectivity index (χ3v) is 4.69. The van der Waals surface area contributed by atoms with Gasteiger partial charge >= 0.3 is 0 Å². The van der Waals surface area contributed by atoms with Gasteiger partial charge in [0.25, 0.3) is 0 Å². The maximum atomic E-state index is 12.5. The van der Waals surface area contributed by atoms with Gasteiger partial charge in [-0.1, -0.05) is 0 Å². The van der Waals surface area contributed by atoms with Gasteiger partial charge in [-0.25, -0.2) is 4.98 Å². The van der Waals surface area contributed by atoms with Crippen LogP contribution in [0.5, 0.6) is 0 Å². The van der Waals surface area contributed by atoms with Gasteiger partial charge < -0.3 is 15.2 Å². The maximum Gasteiger partial charge on any atom is 0.240 e. The van der Waals surface area contributed by atoms with Crippen LogP contribution in [0.2, 0.25) is 0 Å². The van der Waals surface area contributed by atoms with E-state index in [4.69, 9.17) is 5.73 Å². The predicted molar refractivity (Wildman–Crippen MR) is 80.7 cm³/mol. The van der Waals surface area contributed by atoms with Gasteiger partial charge in [0.05, 0.1) is 18.6 Å². The summed E-state index contributed by atoms with van der Waals surface area (Å²) in [5, 5.41) is 0. The quantitative estimate of drug-likeness (QED) is 0.827. The Bertz CT molecular complexity index is 582. The van der Waals surface area contributed by atoms with Crippen molar-refractivity contribution in [2.24, 2.45) is 12.8 Å². The summed E-state index contributed by atoms with van der Waals surface area (Å²) >= 11 is 0. The van der Waals surface area contributed by atoms with Crippen LogP contribution in [0.1, 0.15) is 30.7 Å². The Morgan fingerprint density at radius 1 is 1.36 bits per heavy atom. The number of hydrogen-bond donors (Lipinski definition) is 1. The minimum absolute atomic E-state index is 0.00267. The van der Waals surface area contributed by atoms with Crippen LogP contribution in [0, 0.1) is 0 Å². The number of aromatic nitrogens is 2. The Hall–Kier alpha value is -1.89. The van der Waals surface area contributed by atoms with Gasteiger partial charge in [0.2, 0.25) is 11.8 Å². The second-order valence-corrected chi connectivity index (χ2v) is 6.21. The SMILES string of the molecule is Cn1cnc2c1CCN(CC(=O)N1CCCC[C@H]1C(N)=O)C2. The molecule has 1 saturated heterocycles. The Balaban J connectivity index is 1.63. The number of primary amides is 1. The van der Waals surface area contributed by atoms with Gasteiger partial charge in [0, 0.05) is 38.8 Å². The van der Waals surface area contributed by atoms with Gasteiger partial charge in [-0.05, 0) is 19.3 Å². The number of amides is 2. The molecule has 2 aliphatic rings. The number of rotatable bonds is 3. The van der Waals surface area contributed by atoms with E-state index < -0.39 is 11.9 Å². The number of nitrogens with zero attached hydrogens (tertiary/aromatic N) is 4. The first-order valence-corrected chi connectivity index (χ1v) is 7.86. The molecule has 2 aliphatic heterocycles. The molecule has 1 atom stereocenters. The lowest BCUT2D eigenvalue weighted by atomic mass is 10.0. The van der Waals surface area contributed by atoms with Crippen LogP contribution in [0.4, 0.5) is 0 Å². The first-order valence-electron chi connectivity index (χ1n) is 7.86. The number of nitrogens with two attached hydrogens (primary N) is 1. The van der Waals surface area contributed by atoms with E-state index >= 15 is 0 Å². The number of likely N-dealkylation sites (tertiary alicyclic amines) is 1. The van der Waals surface area contributed by atoms with Crippen molar-refractivity contribution in [3.05, 3.63) is 17.7 Å². The molecule has 3 heterocycles. The zero-order valence-electron chi connectivity index (χ0n) is 13.0. The van der Waals surface area contributed by atoms with Crippen LogP contribution in [0.15, 0.2) is 6.33 Å². The van der Waals surface area contributed by atoms with Crippen LogP contribution >= 0.6 is 0 Å². The Morgan fingerprint density at radius 3 is 2.95 bits per heavy atom. The van der Waals surface area contributed by atoms with Crippen LogP contribution in [0.25, 0.3) is 0 Å². The second kappa shape index (κ2) is 6.08. The standard InChI is InChI=1S/C15H23N5O2/c1-18-10-17-11-8-19(7-5-12(11)18)9-14(21)20-6-3-2-4-13(20)15(16)22/h10,13H,2-9H2,1H3,(H2,16,22)/t13-/m0/s1. The first-order chi connectivity index (χ1) is 10.6. The molecule has 3 rings (SSSR count). The molecule has 0 bridgehead atoms. The summed E-state index contributed by atoms with van der Waals surface area (Å²) < 4.78 is 2.04. The van der Waals surface area contributed by atoms with E-state index in [1.165, 1.54) is 5.69 Å². The summed E-state index contributed by atoms with van der Waals surface area (Å²) in [6.45, 7) is 2.50. The highest BCUT2D eigenvalue weighted by Gasteiger charge is 2.32. The van der Waals surface area contributed by atoms with Crippen LogP contribution < -0.4 is 5.73 Å². The number of imidazole rings is 1. The van der Waals surface area contributed by atoms with Gasteiger partial charge in [0.15, 0.2) is 0 Å². The van der Waals surface area contributed by atoms with E-state index in [9.17, 15) is 9.59 Å². The van der Waals surface area contributed by atoms with Crippen molar-refractivity contribution in [1.82, 2.24) is 19.4 Å². The van der Waals surface area contributed by atoms with Crippen molar-refractivity contribution in [2.75, 3.05) is 19.6 Å². The third-order valence-electron chi connectivity index (χ3n) is 4.69. The fraction of sp³-hybridized carbons (Fsp3) is 0.667. The Kier molecular flexibility index (Phi) is 4.15. The van der Waals surface area contributed by atoms with Crippen molar-refractivity contribution < 1.29 is 9.59 Å². The molecule has 0 saturated carbocycles. The van der Waals surface area contributed by atoms with Crippen molar-refractivity contribution in [2.45, 2.75) is 38.3 Å². The zero-order chi connectivity index (χ0) is 15.7. The molecule has 7 heteroatoms. The summed E-state index contributed by atoms with van der Waals surface area (Å²) in [7, 11) is 2.00. The minimum atomic E-state index is -0.434. The zero-order valence-corrected chi connectivity index (χ0v) is 13.0. The fourth-order valence-electron chi connectivity index (χ4n) is 3.45. The molecule has 0 radical (unpaired) electrons. The normalized spacial score (nSPS) is 22.4. The molecular formula is C15H23N5O2. The van der Waals surface area contributed by atoms with E-state index in [0.29, 0.717) is 26.1 Å². The van der Waals surface area contributed by atoms with Crippen molar-refractivity contribution >= 4 is 11.8 Å². The molecule has 0 aliphatic carbocycles. The number of fused-ring (bicyclic) bond motifs is 1. The first kappa shape index (κ1) is 15.0. The van der Waals surface area contributed by atoms with Gasteiger partial charge in [0.1, 0.15) is 6.04 Å². The van der Waals surface area contributed by atoms with Crippen LogP contribution in [0.3, 0.4) is 0 Å². The number of piperidine rings is 1. The summed E-state index contributed by atoms with van der Waals surface area (Å²) in [4.78, 5) is 32.2. The number of hydrogen-bond acceptors (Lipinski definition) is 4. The Morgan fingerprint density at radius 2 is 2.18 bits per heavy atom. The predicted octanol–water partition coefficient (Wildman–Crippen LogP) is -0.355. The monoisotopic (exact) mass is 305 g/mol. The molecule has 120 valence electrons. The van der Waals surface area contributed by atoms with Gasteiger partial charge in [-0.2, -0.15) is 0 Å². The molecule has 0 aromatic carbocycles. The molecule has 2 N–H and O–H groups in total.